The highest BCUT2D eigenvalue weighted by Crippen LogP contribution is 2.36. The summed E-state index contributed by atoms with van der Waals surface area (Å²) in [7, 11) is -1.71. The molecule has 33 heavy (non-hydrogen) atoms. The Morgan fingerprint density at radius 2 is 1.70 bits per heavy atom. The average molecular weight is 485 g/mol. The minimum atomic E-state index is -3.84. The van der Waals surface area contributed by atoms with Gasteiger partial charge in [0.2, 0.25) is 0 Å². The van der Waals surface area contributed by atoms with E-state index in [1.54, 1.807) is 24.4 Å². The highest BCUT2D eigenvalue weighted by molar-refractivity contribution is 7.93. The van der Waals surface area contributed by atoms with Crippen LogP contribution >= 0.6 is 11.6 Å². The maximum absolute atomic E-state index is 13.4. The highest BCUT2D eigenvalue weighted by atomic mass is 35.5. The van der Waals surface area contributed by atoms with Crippen LogP contribution in [0.15, 0.2) is 59.8 Å². The van der Waals surface area contributed by atoms with Crippen LogP contribution in [-0.4, -0.2) is 69.6 Å². The fraction of sp³-hybridized carbons (Fsp3) is 0.304. The molecule has 1 aromatic carbocycles. The fourth-order valence-corrected chi connectivity index (χ4v) is 6.10. The largest absolute Gasteiger partial charge is 0.367 e. The molecule has 1 fully saturated rings. The molecule has 10 heteroatoms. The molecular weight excluding hydrogens is 460 g/mol. The van der Waals surface area contributed by atoms with E-state index in [-0.39, 0.29) is 16.5 Å². The third kappa shape index (κ3) is 4.23. The Balaban J connectivity index is 1.46. The maximum atomic E-state index is 13.4. The van der Waals surface area contributed by atoms with Crippen molar-refractivity contribution < 1.29 is 8.42 Å². The van der Waals surface area contributed by atoms with Gasteiger partial charge >= 0.3 is 0 Å². The van der Waals surface area contributed by atoms with Gasteiger partial charge in [-0.15, -0.1) is 0 Å². The molecule has 0 amide bonds. The molecule has 3 aromatic rings. The molecule has 0 atom stereocenters. The second kappa shape index (κ2) is 8.81. The van der Waals surface area contributed by atoms with Gasteiger partial charge in [0.25, 0.3) is 10.0 Å². The number of fused-ring (bicyclic) bond motifs is 1. The Morgan fingerprint density at radius 1 is 0.939 bits per heavy atom. The van der Waals surface area contributed by atoms with Gasteiger partial charge in [-0.1, -0.05) is 23.7 Å². The molecule has 0 radical (unpaired) electrons. The summed E-state index contributed by atoms with van der Waals surface area (Å²) >= 11 is 6.22. The first-order valence-electron chi connectivity index (χ1n) is 10.8. The lowest BCUT2D eigenvalue weighted by Crippen LogP contribution is -2.44. The van der Waals surface area contributed by atoms with Crippen LogP contribution in [0.5, 0.6) is 0 Å². The lowest BCUT2D eigenvalue weighted by atomic mass is 10.1. The van der Waals surface area contributed by atoms with Gasteiger partial charge in [0.1, 0.15) is 10.7 Å². The third-order valence-corrected chi connectivity index (χ3v) is 8.37. The zero-order valence-electron chi connectivity index (χ0n) is 18.3. The number of pyridine rings is 2. The van der Waals surface area contributed by atoms with Crippen molar-refractivity contribution >= 4 is 38.9 Å². The first-order valence-corrected chi connectivity index (χ1v) is 12.7. The number of hydrogen-bond acceptors (Lipinski definition) is 7. The van der Waals surface area contributed by atoms with E-state index in [0.717, 1.165) is 43.1 Å². The van der Waals surface area contributed by atoms with Gasteiger partial charge in [-0.3, -0.25) is 4.31 Å². The van der Waals surface area contributed by atoms with Gasteiger partial charge in [0, 0.05) is 56.2 Å². The number of rotatable bonds is 4. The van der Waals surface area contributed by atoms with Crippen LogP contribution in [0, 0.1) is 0 Å². The standard InChI is InChI=1S/C23H25ClN6O2S/c1-28-10-12-29(13-11-28)22-7-6-17(15-26-22)18-14-20-23(27-16-18)25-8-9-30(20)33(31,32)21-5-3-2-4-19(21)24/h2-7,14-16H,8-13H2,1H3,(H,25,27). The van der Waals surface area contributed by atoms with E-state index in [2.05, 4.69) is 32.1 Å². The summed E-state index contributed by atoms with van der Waals surface area (Å²) in [5.74, 6) is 1.48. The van der Waals surface area contributed by atoms with Crippen molar-refractivity contribution in [2.45, 2.75) is 4.90 Å². The zero-order chi connectivity index (χ0) is 23.0. The van der Waals surface area contributed by atoms with Gasteiger partial charge in [0.15, 0.2) is 5.82 Å². The Kier molecular flexibility index (Phi) is 5.86. The summed E-state index contributed by atoms with van der Waals surface area (Å²) in [6, 6.07) is 12.4. The molecule has 0 aliphatic carbocycles. The number of benzene rings is 1. The van der Waals surface area contributed by atoms with Gasteiger partial charge in [-0.05, 0) is 37.4 Å². The highest BCUT2D eigenvalue weighted by Gasteiger charge is 2.31. The molecule has 1 saturated heterocycles. The Morgan fingerprint density at radius 3 is 2.42 bits per heavy atom. The predicted molar refractivity (Wildman–Crippen MR) is 132 cm³/mol. The molecule has 0 spiro atoms. The monoisotopic (exact) mass is 484 g/mol. The Bertz CT molecular complexity index is 1260. The number of piperazine rings is 1. The summed E-state index contributed by atoms with van der Waals surface area (Å²) in [4.78, 5) is 13.8. The average Bonchev–Trinajstić information content (AvgIpc) is 2.84. The van der Waals surface area contributed by atoms with Crippen LogP contribution < -0.4 is 14.5 Å². The minimum absolute atomic E-state index is 0.0862. The second-order valence-electron chi connectivity index (χ2n) is 8.22. The van der Waals surface area contributed by atoms with Crippen molar-refractivity contribution in [3.63, 3.8) is 0 Å². The van der Waals surface area contributed by atoms with Crippen molar-refractivity contribution in [2.75, 3.05) is 60.8 Å². The summed E-state index contributed by atoms with van der Waals surface area (Å²) < 4.78 is 28.2. The lowest BCUT2D eigenvalue weighted by molar-refractivity contribution is 0.312. The Labute approximate surface area is 198 Å². The van der Waals surface area contributed by atoms with Crippen LogP contribution in [0.1, 0.15) is 0 Å². The smallest absolute Gasteiger partial charge is 0.265 e. The fourth-order valence-electron chi connectivity index (χ4n) is 4.14. The maximum Gasteiger partial charge on any atom is 0.265 e. The SMILES string of the molecule is CN1CCN(c2ccc(-c3cnc4c(c3)N(S(=O)(=O)c3ccccc3Cl)CCN4)cn2)CC1. The van der Waals surface area contributed by atoms with E-state index in [1.165, 1.54) is 10.4 Å². The summed E-state index contributed by atoms with van der Waals surface area (Å²) in [6.45, 7) is 4.67. The molecule has 2 aromatic heterocycles. The molecule has 2 aliphatic heterocycles. The molecule has 0 bridgehead atoms. The van der Waals surface area contributed by atoms with E-state index in [0.29, 0.717) is 18.1 Å². The third-order valence-electron chi connectivity index (χ3n) is 6.06. The number of hydrogen-bond donors (Lipinski definition) is 1. The number of aromatic nitrogens is 2. The van der Waals surface area contributed by atoms with Crippen molar-refractivity contribution in [2.24, 2.45) is 0 Å². The molecular formula is C23H25ClN6O2S. The van der Waals surface area contributed by atoms with Crippen LogP contribution in [0.2, 0.25) is 5.02 Å². The molecule has 2 aliphatic rings. The van der Waals surface area contributed by atoms with E-state index in [1.807, 2.05) is 24.4 Å². The molecule has 0 saturated carbocycles. The first-order chi connectivity index (χ1) is 15.9. The minimum Gasteiger partial charge on any atom is -0.367 e. The number of likely N-dealkylation sites (N-methyl/N-ethyl adjacent to an activating group) is 1. The van der Waals surface area contributed by atoms with Crippen molar-refractivity contribution in [3.05, 3.63) is 59.9 Å². The summed E-state index contributed by atoms with van der Waals surface area (Å²) in [5, 5.41) is 3.39. The summed E-state index contributed by atoms with van der Waals surface area (Å²) in [5.41, 5.74) is 2.18. The number of anilines is 3. The van der Waals surface area contributed by atoms with Gasteiger partial charge in [-0.2, -0.15) is 0 Å². The predicted octanol–water partition coefficient (Wildman–Crippen LogP) is 3.17. The van der Waals surface area contributed by atoms with Crippen molar-refractivity contribution in [1.82, 2.24) is 14.9 Å². The second-order valence-corrected chi connectivity index (χ2v) is 10.5. The van der Waals surface area contributed by atoms with Gasteiger partial charge in [0.05, 0.1) is 17.3 Å². The molecule has 1 N–H and O–H groups in total. The van der Waals surface area contributed by atoms with E-state index < -0.39 is 10.0 Å². The number of halogens is 1. The van der Waals surface area contributed by atoms with Crippen molar-refractivity contribution in [3.8, 4) is 11.1 Å². The van der Waals surface area contributed by atoms with E-state index in [9.17, 15) is 8.42 Å². The van der Waals surface area contributed by atoms with E-state index in [4.69, 9.17) is 11.6 Å². The molecule has 172 valence electrons. The number of nitrogens with one attached hydrogen (secondary N) is 1. The molecule has 0 unspecified atom stereocenters. The first kappa shape index (κ1) is 21.9. The zero-order valence-corrected chi connectivity index (χ0v) is 19.8. The number of nitrogens with zero attached hydrogens (tertiary/aromatic N) is 5. The van der Waals surface area contributed by atoms with E-state index >= 15 is 0 Å². The molecule has 4 heterocycles. The molecule has 5 rings (SSSR count). The van der Waals surface area contributed by atoms with Crippen LogP contribution in [0.4, 0.5) is 17.3 Å². The Hall–Kier alpha value is -2.88. The van der Waals surface area contributed by atoms with Crippen LogP contribution in [0.3, 0.4) is 0 Å². The summed E-state index contributed by atoms with van der Waals surface area (Å²) in [6.07, 6.45) is 3.56. The van der Waals surface area contributed by atoms with Crippen molar-refractivity contribution in [1.29, 1.82) is 0 Å². The van der Waals surface area contributed by atoms with Crippen LogP contribution in [0.25, 0.3) is 11.1 Å². The topological polar surface area (TPSA) is 81.7 Å². The number of sulfonamides is 1. The van der Waals surface area contributed by atoms with Crippen LogP contribution in [-0.2, 0) is 10.0 Å². The quantitative estimate of drug-likeness (QED) is 0.609. The normalized spacial score (nSPS) is 16.9. The lowest BCUT2D eigenvalue weighted by Gasteiger charge is -2.33. The van der Waals surface area contributed by atoms with Gasteiger partial charge < -0.3 is 15.1 Å². The molecule has 8 nitrogen and oxygen atoms in total. The van der Waals surface area contributed by atoms with Gasteiger partial charge in [-0.25, -0.2) is 18.4 Å².